The number of hydrogen-bond donors (Lipinski definition) is 1. The molecule has 3 saturated heterocycles. The van der Waals surface area contributed by atoms with Gasteiger partial charge in [-0.15, -0.1) is 0 Å². The topological polar surface area (TPSA) is 70.8 Å². The molecule has 4 heterocycles. The third-order valence-electron chi connectivity index (χ3n) is 6.43. The van der Waals surface area contributed by atoms with Gasteiger partial charge in [0, 0.05) is 31.9 Å². The second-order valence-corrected chi connectivity index (χ2v) is 8.74. The van der Waals surface area contributed by atoms with Crippen molar-refractivity contribution in [2.75, 3.05) is 41.4 Å². The first kappa shape index (κ1) is 22.9. The summed E-state index contributed by atoms with van der Waals surface area (Å²) in [7, 11) is 0. The maximum absolute atomic E-state index is 14.9. The summed E-state index contributed by atoms with van der Waals surface area (Å²) in [5.41, 5.74) is -0.994. The van der Waals surface area contributed by atoms with Crippen molar-refractivity contribution < 1.29 is 35.9 Å². The minimum Gasteiger partial charge on any atom is -0.427 e. The highest BCUT2D eigenvalue weighted by molar-refractivity contribution is 6.04. The third-order valence-corrected chi connectivity index (χ3v) is 6.43. The van der Waals surface area contributed by atoms with Gasteiger partial charge in [-0.25, -0.2) is 8.78 Å². The molecular formula is C22H23F5N4O3. The molecule has 12 heteroatoms. The number of amides is 1. The van der Waals surface area contributed by atoms with Gasteiger partial charge in [-0.05, 0) is 37.8 Å². The molecule has 1 amide bonds. The standard InChI is InChI=1S/C22H23F5N4O3/c23-13-9-12(10-14(24)19(13)31-7-3-16-15(31)4-8-33-16)28-20(32)18-17(11-22(25,26)27)34-21(29-18)30-5-1-2-6-30/h9-10,15-16H,1-8,11H2,(H,28,32). The molecule has 3 fully saturated rings. The second-order valence-electron chi connectivity index (χ2n) is 8.74. The predicted octanol–water partition coefficient (Wildman–Crippen LogP) is 4.28. The number of rotatable bonds is 5. The van der Waals surface area contributed by atoms with Gasteiger partial charge in [0.15, 0.2) is 17.3 Å². The lowest BCUT2D eigenvalue weighted by Gasteiger charge is -2.26. The third kappa shape index (κ3) is 4.42. The van der Waals surface area contributed by atoms with E-state index in [0.29, 0.717) is 39.1 Å². The molecule has 3 aliphatic rings. The number of ether oxygens (including phenoxy) is 1. The second kappa shape index (κ2) is 8.71. The average Bonchev–Trinajstić information content (AvgIpc) is 3.52. The van der Waals surface area contributed by atoms with Crippen LogP contribution in [0.25, 0.3) is 0 Å². The molecule has 1 N–H and O–H groups in total. The van der Waals surface area contributed by atoms with Gasteiger partial charge in [-0.1, -0.05) is 0 Å². The van der Waals surface area contributed by atoms with E-state index in [0.717, 1.165) is 25.0 Å². The summed E-state index contributed by atoms with van der Waals surface area (Å²) in [6.07, 6.45) is -3.21. The Kier molecular flexibility index (Phi) is 5.86. The van der Waals surface area contributed by atoms with Gasteiger partial charge in [0.1, 0.15) is 17.9 Å². The zero-order chi connectivity index (χ0) is 24.0. The number of carbonyl (C=O) groups is 1. The van der Waals surface area contributed by atoms with E-state index in [1.54, 1.807) is 9.80 Å². The maximum Gasteiger partial charge on any atom is 0.396 e. The first-order chi connectivity index (χ1) is 16.2. The van der Waals surface area contributed by atoms with Crippen molar-refractivity contribution in [3.05, 3.63) is 35.2 Å². The number of halogens is 5. The molecular weight excluding hydrogens is 463 g/mol. The Morgan fingerprint density at radius 2 is 1.82 bits per heavy atom. The summed E-state index contributed by atoms with van der Waals surface area (Å²) in [6, 6.07) is 1.71. The van der Waals surface area contributed by atoms with Crippen LogP contribution in [-0.4, -0.2) is 55.5 Å². The van der Waals surface area contributed by atoms with Gasteiger partial charge >= 0.3 is 6.18 Å². The summed E-state index contributed by atoms with van der Waals surface area (Å²) in [5, 5.41) is 2.26. The number of aromatic nitrogens is 1. The highest BCUT2D eigenvalue weighted by Gasteiger charge is 2.41. The summed E-state index contributed by atoms with van der Waals surface area (Å²) in [4.78, 5) is 20.0. The van der Waals surface area contributed by atoms with Crippen molar-refractivity contribution >= 4 is 23.3 Å². The number of nitrogens with zero attached hydrogens (tertiary/aromatic N) is 3. The molecule has 34 heavy (non-hydrogen) atoms. The number of anilines is 3. The molecule has 2 unspecified atom stereocenters. The number of fused-ring (bicyclic) bond motifs is 1. The Hall–Kier alpha value is -2.89. The quantitative estimate of drug-likeness (QED) is 0.637. The van der Waals surface area contributed by atoms with Crippen LogP contribution in [0, 0.1) is 11.6 Å². The fourth-order valence-electron chi connectivity index (χ4n) is 4.94. The van der Waals surface area contributed by atoms with Crippen molar-refractivity contribution in [2.24, 2.45) is 0 Å². The number of alkyl halides is 3. The smallest absolute Gasteiger partial charge is 0.396 e. The van der Waals surface area contributed by atoms with Crippen LogP contribution < -0.4 is 15.1 Å². The molecule has 3 aliphatic heterocycles. The molecule has 0 bridgehead atoms. The molecule has 1 aromatic heterocycles. The van der Waals surface area contributed by atoms with E-state index in [1.165, 1.54) is 0 Å². The summed E-state index contributed by atoms with van der Waals surface area (Å²) in [6.45, 7) is 2.07. The van der Waals surface area contributed by atoms with Crippen molar-refractivity contribution in [2.45, 2.75) is 50.4 Å². The Morgan fingerprint density at radius 1 is 1.12 bits per heavy atom. The minimum atomic E-state index is -4.63. The van der Waals surface area contributed by atoms with E-state index in [2.05, 4.69) is 10.3 Å². The Bertz CT molecular complexity index is 1060. The van der Waals surface area contributed by atoms with Crippen LogP contribution in [0.5, 0.6) is 0 Å². The SMILES string of the molecule is O=C(Nc1cc(F)c(N2CCC3OCCC32)c(F)c1)c1nc(N2CCCC2)oc1CC(F)(F)F. The lowest BCUT2D eigenvalue weighted by Crippen LogP contribution is -2.33. The van der Waals surface area contributed by atoms with Crippen molar-refractivity contribution in [3.8, 4) is 0 Å². The first-order valence-electron chi connectivity index (χ1n) is 11.2. The predicted molar refractivity (Wildman–Crippen MR) is 112 cm³/mol. The zero-order valence-corrected chi connectivity index (χ0v) is 18.1. The lowest BCUT2D eigenvalue weighted by molar-refractivity contribution is -0.130. The van der Waals surface area contributed by atoms with Crippen LogP contribution in [0.4, 0.5) is 39.3 Å². The average molecular weight is 486 g/mol. The van der Waals surface area contributed by atoms with Gasteiger partial charge in [-0.3, -0.25) is 4.79 Å². The van der Waals surface area contributed by atoms with E-state index in [4.69, 9.17) is 9.15 Å². The van der Waals surface area contributed by atoms with Crippen LogP contribution in [0.15, 0.2) is 16.5 Å². The van der Waals surface area contributed by atoms with Crippen molar-refractivity contribution in [1.82, 2.24) is 4.98 Å². The molecule has 0 radical (unpaired) electrons. The zero-order valence-electron chi connectivity index (χ0n) is 18.1. The lowest BCUT2D eigenvalue weighted by atomic mass is 10.1. The number of nitrogens with one attached hydrogen (secondary N) is 1. The van der Waals surface area contributed by atoms with E-state index in [-0.39, 0.29) is 29.5 Å². The van der Waals surface area contributed by atoms with E-state index in [9.17, 15) is 26.7 Å². The number of benzene rings is 1. The number of carbonyl (C=O) groups excluding carboxylic acids is 1. The summed E-state index contributed by atoms with van der Waals surface area (Å²) >= 11 is 0. The summed E-state index contributed by atoms with van der Waals surface area (Å²) in [5.74, 6) is -3.44. The molecule has 0 aliphatic carbocycles. The number of hydrogen-bond acceptors (Lipinski definition) is 6. The van der Waals surface area contributed by atoms with Gasteiger partial charge in [0.05, 0.1) is 12.1 Å². The summed E-state index contributed by atoms with van der Waals surface area (Å²) < 4.78 is 79.8. The molecule has 2 aromatic rings. The van der Waals surface area contributed by atoms with Crippen LogP contribution in [-0.2, 0) is 11.2 Å². The van der Waals surface area contributed by atoms with E-state index >= 15 is 0 Å². The highest BCUT2D eigenvalue weighted by atomic mass is 19.4. The Morgan fingerprint density at radius 3 is 2.50 bits per heavy atom. The largest absolute Gasteiger partial charge is 0.427 e. The normalized spacial score (nSPS) is 22.5. The van der Waals surface area contributed by atoms with Crippen LogP contribution in [0.1, 0.15) is 41.9 Å². The van der Waals surface area contributed by atoms with Crippen molar-refractivity contribution in [3.63, 3.8) is 0 Å². The van der Waals surface area contributed by atoms with Crippen LogP contribution in [0.3, 0.4) is 0 Å². The fraction of sp³-hybridized carbons (Fsp3) is 0.545. The Balaban J connectivity index is 1.38. The molecule has 184 valence electrons. The van der Waals surface area contributed by atoms with Crippen molar-refractivity contribution in [1.29, 1.82) is 0 Å². The molecule has 1 aromatic carbocycles. The van der Waals surface area contributed by atoms with E-state index < -0.39 is 41.6 Å². The fourth-order valence-corrected chi connectivity index (χ4v) is 4.94. The van der Waals surface area contributed by atoms with Crippen LogP contribution >= 0.6 is 0 Å². The van der Waals surface area contributed by atoms with Gasteiger partial charge in [-0.2, -0.15) is 18.2 Å². The monoisotopic (exact) mass is 486 g/mol. The maximum atomic E-state index is 14.9. The van der Waals surface area contributed by atoms with Crippen LogP contribution in [0.2, 0.25) is 0 Å². The first-order valence-corrected chi connectivity index (χ1v) is 11.2. The highest BCUT2D eigenvalue weighted by Crippen LogP contribution is 2.37. The number of oxazole rings is 1. The Labute approximate surface area is 191 Å². The van der Waals surface area contributed by atoms with Gasteiger partial charge in [0.2, 0.25) is 0 Å². The molecule has 2 atom stereocenters. The van der Waals surface area contributed by atoms with E-state index in [1.807, 2.05) is 0 Å². The minimum absolute atomic E-state index is 0.0674. The molecule has 0 spiro atoms. The molecule has 5 rings (SSSR count). The van der Waals surface area contributed by atoms with Gasteiger partial charge < -0.3 is 24.3 Å². The molecule has 0 saturated carbocycles. The van der Waals surface area contributed by atoms with Gasteiger partial charge in [0.25, 0.3) is 11.9 Å². The molecule has 7 nitrogen and oxygen atoms in total.